The highest BCUT2D eigenvalue weighted by atomic mass is 79.9. The van der Waals surface area contributed by atoms with Gasteiger partial charge in [-0.3, -0.25) is 0 Å². The van der Waals surface area contributed by atoms with Crippen LogP contribution in [0.15, 0.2) is 15.9 Å². The van der Waals surface area contributed by atoms with Crippen molar-refractivity contribution >= 4 is 50.8 Å². The number of thiophene rings is 1. The summed E-state index contributed by atoms with van der Waals surface area (Å²) in [6.07, 6.45) is 0. The van der Waals surface area contributed by atoms with E-state index in [2.05, 4.69) is 36.2 Å². The van der Waals surface area contributed by atoms with Gasteiger partial charge in [0.15, 0.2) is 0 Å². The third-order valence-electron chi connectivity index (χ3n) is 1.72. The summed E-state index contributed by atoms with van der Waals surface area (Å²) >= 11 is 10.7. The van der Waals surface area contributed by atoms with Crippen LogP contribution >= 0.6 is 38.9 Å². The largest absolute Gasteiger partial charge is 0.368 e. The quantitative estimate of drug-likeness (QED) is 0.909. The van der Waals surface area contributed by atoms with E-state index in [1.807, 2.05) is 11.4 Å². The Hall–Kier alpha value is -0.920. The summed E-state index contributed by atoms with van der Waals surface area (Å²) in [6.45, 7) is 0.609. The van der Waals surface area contributed by atoms with Crippen molar-refractivity contribution in [2.45, 2.75) is 6.54 Å². The van der Waals surface area contributed by atoms with Gasteiger partial charge in [-0.25, -0.2) is 0 Å². The SMILES string of the molecule is Nc1nc(Cl)nc(NCc2sccc2Br)n1. The van der Waals surface area contributed by atoms with Crippen LogP contribution in [0.4, 0.5) is 11.9 Å². The Bertz CT molecular complexity index is 483. The molecule has 0 saturated heterocycles. The van der Waals surface area contributed by atoms with Gasteiger partial charge in [-0.2, -0.15) is 15.0 Å². The molecule has 2 heterocycles. The Balaban J connectivity index is 2.07. The standard InChI is InChI=1S/C8H7BrClN5S/c9-4-1-2-16-5(4)3-12-8-14-6(10)13-7(11)15-8/h1-2H,3H2,(H3,11,12,13,14,15). The highest BCUT2D eigenvalue weighted by molar-refractivity contribution is 9.10. The molecule has 0 saturated carbocycles. The maximum Gasteiger partial charge on any atom is 0.229 e. The summed E-state index contributed by atoms with van der Waals surface area (Å²) in [5.74, 6) is 0.477. The fraction of sp³-hybridized carbons (Fsp3) is 0.125. The summed E-state index contributed by atoms with van der Waals surface area (Å²) < 4.78 is 1.05. The lowest BCUT2D eigenvalue weighted by Crippen LogP contribution is -2.06. The zero-order chi connectivity index (χ0) is 11.5. The zero-order valence-electron chi connectivity index (χ0n) is 7.94. The first kappa shape index (κ1) is 11.6. The molecular weight excluding hydrogens is 314 g/mol. The number of nitrogens with one attached hydrogen (secondary N) is 1. The van der Waals surface area contributed by atoms with E-state index in [-0.39, 0.29) is 11.2 Å². The predicted molar refractivity (Wildman–Crippen MR) is 68.6 cm³/mol. The van der Waals surface area contributed by atoms with Gasteiger partial charge in [0, 0.05) is 9.35 Å². The molecule has 0 spiro atoms. The molecule has 0 radical (unpaired) electrons. The van der Waals surface area contributed by atoms with Gasteiger partial charge in [0.05, 0.1) is 6.54 Å². The molecule has 8 heteroatoms. The molecule has 2 aromatic heterocycles. The fourth-order valence-electron chi connectivity index (χ4n) is 1.06. The van der Waals surface area contributed by atoms with E-state index in [9.17, 15) is 0 Å². The summed E-state index contributed by atoms with van der Waals surface area (Å²) in [5, 5.41) is 5.10. The molecular formula is C8H7BrClN5S. The van der Waals surface area contributed by atoms with E-state index in [1.54, 1.807) is 11.3 Å². The minimum atomic E-state index is 0.0836. The molecule has 0 fully saturated rings. The normalized spacial score (nSPS) is 10.4. The Morgan fingerprint density at radius 3 is 2.88 bits per heavy atom. The van der Waals surface area contributed by atoms with Crippen LogP contribution in [-0.2, 0) is 6.54 Å². The van der Waals surface area contributed by atoms with E-state index in [4.69, 9.17) is 17.3 Å². The molecule has 0 aliphatic rings. The van der Waals surface area contributed by atoms with Gasteiger partial charge in [0.1, 0.15) is 0 Å². The van der Waals surface area contributed by atoms with Crippen LogP contribution in [0.25, 0.3) is 0 Å². The number of aromatic nitrogens is 3. The fourth-order valence-corrected chi connectivity index (χ4v) is 2.65. The van der Waals surface area contributed by atoms with Crippen molar-refractivity contribution in [1.82, 2.24) is 15.0 Å². The number of nitrogen functional groups attached to an aromatic ring is 1. The molecule has 3 N–H and O–H groups in total. The highest BCUT2D eigenvalue weighted by Gasteiger charge is 2.04. The number of hydrogen-bond donors (Lipinski definition) is 2. The van der Waals surface area contributed by atoms with Crippen LogP contribution in [0, 0.1) is 0 Å². The Morgan fingerprint density at radius 1 is 1.44 bits per heavy atom. The number of rotatable bonds is 3. The van der Waals surface area contributed by atoms with Gasteiger partial charge in [-0.15, -0.1) is 11.3 Å². The second kappa shape index (κ2) is 4.94. The van der Waals surface area contributed by atoms with Gasteiger partial charge in [-0.1, -0.05) is 0 Å². The summed E-state index contributed by atoms with van der Waals surface area (Å²) in [6, 6.07) is 1.98. The van der Waals surface area contributed by atoms with E-state index in [0.29, 0.717) is 12.5 Å². The van der Waals surface area contributed by atoms with Crippen molar-refractivity contribution in [3.05, 3.63) is 26.1 Å². The van der Waals surface area contributed by atoms with Gasteiger partial charge in [0.25, 0.3) is 0 Å². The summed E-state index contributed by atoms with van der Waals surface area (Å²) in [4.78, 5) is 12.6. The Labute approximate surface area is 109 Å². The average Bonchev–Trinajstić information content (AvgIpc) is 2.59. The highest BCUT2D eigenvalue weighted by Crippen LogP contribution is 2.23. The lowest BCUT2D eigenvalue weighted by atomic mass is 10.5. The van der Waals surface area contributed by atoms with Gasteiger partial charge in [-0.05, 0) is 39.0 Å². The molecule has 2 aromatic rings. The van der Waals surface area contributed by atoms with Crippen molar-refractivity contribution in [2.24, 2.45) is 0 Å². The van der Waals surface area contributed by atoms with E-state index < -0.39 is 0 Å². The third-order valence-corrected chi connectivity index (χ3v) is 3.82. The van der Waals surface area contributed by atoms with Crippen molar-refractivity contribution in [3.63, 3.8) is 0 Å². The molecule has 16 heavy (non-hydrogen) atoms. The molecule has 2 rings (SSSR count). The third kappa shape index (κ3) is 2.81. The topological polar surface area (TPSA) is 76.7 Å². The lowest BCUT2D eigenvalue weighted by Gasteiger charge is -2.04. The summed E-state index contributed by atoms with van der Waals surface area (Å²) in [5.41, 5.74) is 5.44. The second-order valence-electron chi connectivity index (χ2n) is 2.83. The number of nitrogens with two attached hydrogens (primary N) is 1. The molecule has 84 valence electrons. The number of anilines is 2. The average molecular weight is 321 g/mol. The van der Waals surface area contributed by atoms with Crippen molar-refractivity contribution in [2.75, 3.05) is 11.1 Å². The van der Waals surface area contributed by atoms with Gasteiger partial charge >= 0.3 is 0 Å². The first-order chi connectivity index (χ1) is 7.65. The van der Waals surface area contributed by atoms with Crippen LogP contribution in [0.1, 0.15) is 4.88 Å². The maximum atomic E-state index is 5.65. The second-order valence-corrected chi connectivity index (χ2v) is 5.02. The molecule has 0 atom stereocenters. The van der Waals surface area contributed by atoms with Crippen LogP contribution in [-0.4, -0.2) is 15.0 Å². The first-order valence-corrected chi connectivity index (χ1v) is 6.33. The molecule has 0 unspecified atom stereocenters. The Morgan fingerprint density at radius 2 is 2.25 bits per heavy atom. The number of hydrogen-bond acceptors (Lipinski definition) is 6. The lowest BCUT2D eigenvalue weighted by molar-refractivity contribution is 1.02. The molecule has 0 aliphatic carbocycles. The monoisotopic (exact) mass is 319 g/mol. The van der Waals surface area contributed by atoms with Gasteiger partial charge in [0.2, 0.25) is 17.2 Å². The van der Waals surface area contributed by atoms with Gasteiger partial charge < -0.3 is 11.1 Å². The molecule has 0 amide bonds. The molecule has 0 aliphatic heterocycles. The molecule has 5 nitrogen and oxygen atoms in total. The minimum absolute atomic E-state index is 0.0836. The number of nitrogens with zero attached hydrogens (tertiary/aromatic N) is 3. The van der Waals surface area contributed by atoms with Crippen molar-refractivity contribution in [3.8, 4) is 0 Å². The van der Waals surface area contributed by atoms with Crippen molar-refractivity contribution in [1.29, 1.82) is 0 Å². The molecule has 0 bridgehead atoms. The summed E-state index contributed by atoms with van der Waals surface area (Å²) in [7, 11) is 0. The Kier molecular flexibility index (Phi) is 3.57. The predicted octanol–water partition coefficient (Wildman–Crippen LogP) is 2.54. The zero-order valence-corrected chi connectivity index (χ0v) is 11.1. The van der Waals surface area contributed by atoms with Crippen LogP contribution in [0.2, 0.25) is 5.28 Å². The van der Waals surface area contributed by atoms with E-state index in [0.717, 1.165) is 9.35 Å². The van der Waals surface area contributed by atoms with Crippen LogP contribution in [0.3, 0.4) is 0 Å². The first-order valence-electron chi connectivity index (χ1n) is 4.28. The maximum absolute atomic E-state index is 5.65. The van der Waals surface area contributed by atoms with Crippen LogP contribution < -0.4 is 11.1 Å². The van der Waals surface area contributed by atoms with E-state index in [1.165, 1.54) is 0 Å². The minimum Gasteiger partial charge on any atom is -0.368 e. The number of halogens is 2. The van der Waals surface area contributed by atoms with E-state index >= 15 is 0 Å². The van der Waals surface area contributed by atoms with Crippen molar-refractivity contribution < 1.29 is 0 Å². The smallest absolute Gasteiger partial charge is 0.229 e. The van der Waals surface area contributed by atoms with Crippen LogP contribution in [0.5, 0.6) is 0 Å². The molecule has 0 aromatic carbocycles.